The van der Waals surface area contributed by atoms with Crippen molar-refractivity contribution in [1.29, 1.82) is 0 Å². The summed E-state index contributed by atoms with van der Waals surface area (Å²) < 4.78 is 5.52. The van der Waals surface area contributed by atoms with Gasteiger partial charge in [0.05, 0.1) is 24.2 Å². The Bertz CT molecular complexity index is 608. The third kappa shape index (κ3) is 3.65. The summed E-state index contributed by atoms with van der Waals surface area (Å²) in [6, 6.07) is 3.88. The number of aromatic amines is 1. The Balaban J connectivity index is 2.16. The molecule has 1 unspecified atom stereocenters. The Hall–Kier alpha value is -1.79. The average molecular weight is 311 g/mol. The fraction of sp³-hybridized carbons (Fsp3) is 0.429. The van der Waals surface area contributed by atoms with Crippen molar-refractivity contribution in [2.45, 2.75) is 19.9 Å². The minimum atomic E-state index is -0.404. The smallest absolute Gasteiger partial charge is 0.285 e. The van der Waals surface area contributed by atoms with Crippen molar-refractivity contribution in [3.8, 4) is 0 Å². The monoisotopic (exact) mass is 310 g/mol. The van der Waals surface area contributed by atoms with Crippen molar-refractivity contribution in [2.75, 3.05) is 25.0 Å². The van der Waals surface area contributed by atoms with Crippen LogP contribution in [0.15, 0.2) is 33.8 Å². The number of halogens is 1. The van der Waals surface area contributed by atoms with E-state index in [1.807, 2.05) is 12.1 Å². The Morgan fingerprint density at radius 1 is 1.48 bits per heavy atom. The predicted molar refractivity (Wildman–Crippen MR) is 82.7 cm³/mol. The fourth-order valence-corrected chi connectivity index (χ4v) is 2.43. The summed E-state index contributed by atoms with van der Waals surface area (Å²) >= 11 is 5.97. The van der Waals surface area contributed by atoms with Gasteiger partial charge in [0.1, 0.15) is 10.8 Å². The maximum Gasteiger partial charge on any atom is 0.285 e. The number of furan rings is 1. The van der Waals surface area contributed by atoms with Crippen LogP contribution in [-0.4, -0.2) is 34.7 Å². The standard InChI is InChI=1S/C14H19ClN4O2/c1-3-19(4-2)11(12-6-5-7-21-12)9-16-10-8-17-18-14(20)13(10)15/h5-8,11H,3-4,9H2,1-2H3,(H2,16,18,20). The van der Waals surface area contributed by atoms with Gasteiger partial charge in [-0.05, 0) is 25.2 Å². The number of nitrogens with zero attached hydrogens (tertiary/aromatic N) is 2. The van der Waals surface area contributed by atoms with E-state index < -0.39 is 5.56 Å². The van der Waals surface area contributed by atoms with E-state index in [-0.39, 0.29) is 11.1 Å². The molecule has 1 atom stereocenters. The van der Waals surface area contributed by atoms with E-state index in [4.69, 9.17) is 16.0 Å². The van der Waals surface area contributed by atoms with E-state index in [2.05, 4.69) is 34.3 Å². The molecular formula is C14H19ClN4O2. The van der Waals surface area contributed by atoms with E-state index in [1.54, 1.807) is 6.26 Å². The first-order chi connectivity index (χ1) is 10.2. The van der Waals surface area contributed by atoms with Crippen LogP contribution in [0.4, 0.5) is 5.69 Å². The molecule has 0 radical (unpaired) electrons. The highest BCUT2D eigenvalue weighted by atomic mass is 35.5. The third-order valence-corrected chi connectivity index (χ3v) is 3.78. The molecule has 2 aromatic heterocycles. The number of aromatic nitrogens is 2. The summed E-state index contributed by atoms with van der Waals surface area (Å²) in [5, 5.41) is 9.33. The molecule has 0 spiro atoms. The van der Waals surface area contributed by atoms with Crippen LogP contribution in [-0.2, 0) is 0 Å². The lowest BCUT2D eigenvalue weighted by atomic mass is 10.2. The number of rotatable bonds is 7. The van der Waals surface area contributed by atoms with Gasteiger partial charge in [-0.3, -0.25) is 9.69 Å². The molecule has 6 nitrogen and oxygen atoms in total. The van der Waals surface area contributed by atoms with Crippen molar-refractivity contribution in [2.24, 2.45) is 0 Å². The van der Waals surface area contributed by atoms with Crippen LogP contribution in [0.5, 0.6) is 0 Å². The molecule has 2 N–H and O–H groups in total. The summed E-state index contributed by atoms with van der Waals surface area (Å²) in [4.78, 5) is 13.7. The van der Waals surface area contributed by atoms with Gasteiger partial charge in [0, 0.05) is 6.54 Å². The number of anilines is 1. The highest BCUT2D eigenvalue weighted by Gasteiger charge is 2.20. The highest BCUT2D eigenvalue weighted by molar-refractivity contribution is 6.32. The molecule has 2 aromatic rings. The Kier molecular flexibility index (Phi) is 5.41. The first kappa shape index (κ1) is 15.6. The molecule has 114 valence electrons. The highest BCUT2D eigenvalue weighted by Crippen LogP contribution is 2.23. The lowest BCUT2D eigenvalue weighted by Gasteiger charge is -2.28. The summed E-state index contributed by atoms with van der Waals surface area (Å²) in [6.45, 7) is 6.55. The van der Waals surface area contributed by atoms with Gasteiger partial charge in [-0.15, -0.1) is 0 Å². The Labute approximate surface area is 128 Å². The molecule has 0 saturated heterocycles. The van der Waals surface area contributed by atoms with Crippen LogP contribution >= 0.6 is 11.6 Å². The van der Waals surface area contributed by atoms with Crippen molar-refractivity contribution in [3.63, 3.8) is 0 Å². The molecule has 0 aliphatic heterocycles. The average Bonchev–Trinajstić information content (AvgIpc) is 3.01. The molecular weight excluding hydrogens is 292 g/mol. The molecule has 0 bridgehead atoms. The quantitative estimate of drug-likeness (QED) is 0.822. The van der Waals surface area contributed by atoms with Gasteiger partial charge >= 0.3 is 0 Å². The molecule has 2 heterocycles. The van der Waals surface area contributed by atoms with Gasteiger partial charge in [-0.25, -0.2) is 5.10 Å². The zero-order chi connectivity index (χ0) is 15.2. The number of likely N-dealkylation sites (N-methyl/N-ethyl adjacent to an activating group) is 1. The second-order valence-corrected chi connectivity index (χ2v) is 4.94. The van der Waals surface area contributed by atoms with Gasteiger partial charge in [-0.2, -0.15) is 5.10 Å². The van der Waals surface area contributed by atoms with Crippen LogP contribution < -0.4 is 10.9 Å². The summed E-state index contributed by atoms with van der Waals surface area (Å²) in [6.07, 6.45) is 3.17. The normalized spacial score (nSPS) is 12.6. The molecule has 2 rings (SSSR count). The first-order valence-electron chi connectivity index (χ1n) is 6.91. The molecule has 0 aromatic carbocycles. The lowest BCUT2D eigenvalue weighted by Crippen LogP contribution is -2.33. The van der Waals surface area contributed by atoms with Crippen LogP contribution in [0, 0.1) is 0 Å². The second-order valence-electron chi connectivity index (χ2n) is 4.56. The Morgan fingerprint density at radius 2 is 2.24 bits per heavy atom. The zero-order valence-electron chi connectivity index (χ0n) is 12.1. The minimum absolute atomic E-state index is 0.0605. The first-order valence-corrected chi connectivity index (χ1v) is 7.29. The van der Waals surface area contributed by atoms with Gasteiger partial charge in [0.15, 0.2) is 0 Å². The van der Waals surface area contributed by atoms with Crippen molar-refractivity contribution < 1.29 is 4.42 Å². The fourth-order valence-electron chi connectivity index (χ4n) is 2.27. The maximum absolute atomic E-state index is 11.4. The topological polar surface area (TPSA) is 74.2 Å². The van der Waals surface area contributed by atoms with Crippen molar-refractivity contribution in [1.82, 2.24) is 15.1 Å². The number of hydrogen-bond acceptors (Lipinski definition) is 5. The third-order valence-electron chi connectivity index (χ3n) is 3.41. The lowest BCUT2D eigenvalue weighted by molar-refractivity contribution is 0.202. The number of hydrogen-bond donors (Lipinski definition) is 2. The zero-order valence-corrected chi connectivity index (χ0v) is 12.9. The summed E-state index contributed by atoms with van der Waals surface area (Å²) in [5.74, 6) is 0.875. The van der Waals surface area contributed by atoms with Crippen LogP contribution in [0.3, 0.4) is 0 Å². The van der Waals surface area contributed by atoms with Crippen LogP contribution in [0.2, 0.25) is 5.02 Å². The molecule has 0 amide bonds. The van der Waals surface area contributed by atoms with E-state index in [9.17, 15) is 4.79 Å². The second kappa shape index (κ2) is 7.28. The molecule has 21 heavy (non-hydrogen) atoms. The Morgan fingerprint density at radius 3 is 2.86 bits per heavy atom. The molecule has 0 aliphatic carbocycles. The summed E-state index contributed by atoms with van der Waals surface area (Å²) in [5.41, 5.74) is 0.114. The van der Waals surface area contributed by atoms with Gasteiger partial charge in [0.25, 0.3) is 5.56 Å². The van der Waals surface area contributed by atoms with Crippen molar-refractivity contribution in [3.05, 3.63) is 45.7 Å². The van der Waals surface area contributed by atoms with Crippen molar-refractivity contribution >= 4 is 17.3 Å². The number of nitrogens with one attached hydrogen (secondary N) is 2. The maximum atomic E-state index is 11.4. The molecule has 0 fully saturated rings. The predicted octanol–water partition coefficient (Wildman–Crippen LogP) is 2.51. The van der Waals surface area contributed by atoms with Gasteiger partial charge in [0.2, 0.25) is 0 Å². The molecule has 0 aliphatic rings. The van der Waals surface area contributed by atoms with E-state index in [1.165, 1.54) is 6.20 Å². The van der Waals surface area contributed by atoms with Crippen LogP contribution in [0.1, 0.15) is 25.6 Å². The van der Waals surface area contributed by atoms with Gasteiger partial charge < -0.3 is 9.73 Å². The van der Waals surface area contributed by atoms with Gasteiger partial charge in [-0.1, -0.05) is 25.4 Å². The molecule has 0 saturated carbocycles. The minimum Gasteiger partial charge on any atom is -0.468 e. The largest absolute Gasteiger partial charge is 0.468 e. The van der Waals surface area contributed by atoms with Crippen LogP contribution in [0.25, 0.3) is 0 Å². The van der Waals surface area contributed by atoms with E-state index in [0.717, 1.165) is 18.8 Å². The van der Waals surface area contributed by atoms with E-state index in [0.29, 0.717) is 12.2 Å². The number of H-pyrrole nitrogens is 1. The molecule has 7 heteroatoms. The summed E-state index contributed by atoms with van der Waals surface area (Å²) in [7, 11) is 0. The SMILES string of the molecule is CCN(CC)C(CNc1cn[nH]c(=O)c1Cl)c1ccco1. The van der Waals surface area contributed by atoms with E-state index >= 15 is 0 Å².